The summed E-state index contributed by atoms with van der Waals surface area (Å²) in [5.74, 6) is 5.25. The number of fused-ring (bicyclic) bond motifs is 5. The van der Waals surface area contributed by atoms with Crippen LogP contribution in [-0.4, -0.2) is 11.6 Å². The van der Waals surface area contributed by atoms with E-state index in [0.717, 1.165) is 36.5 Å². The highest BCUT2D eigenvalue weighted by molar-refractivity contribution is 5.90. The SMILES string of the molecule is CC(C)CCC[C@H](C)[C@H]1CC[C@H]2[C@H]3CC(=O)[C@H]4CC(=O)CC[C@]4(C)[C@@H]3CC[C@]12C. The van der Waals surface area contributed by atoms with Crippen molar-refractivity contribution in [2.75, 3.05) is 0 Å². The molecule has 0 bridgehead atoms. The zero-order valence-electron chi connectivity index (χ0n) is 19.6. The number of carbonyl (C=O) groups excluding carboxylic acids is 2. The average molecular weight is 401 g/mol. The lowest BCUT2D eigenvalue weighted by atomic mass is 9.44. The summed E-state index contributed by atoms with van der Waals surface area (Å²) in [5.41, 5.74) is 0.530. The van der Waals surface area contributed by atoms with Crippen LogP contribution in [0, 0.1) is 52.3 Å². The summed E-state index contributed by atoms with van der Waals surface area (Å²) in [7, 11) is 0. The molecule has 2 heteroatoms. The quantitative estimate of drug-likeness (QED) is 0.505. The van der Waals surface area contributed by atoms with E-state index in [1.165, 1.54) is 44.9 Å². The van der Waals surface area contributed by atoms with Gasteiger partial charge in [0.15, 0.2) is 0 Å². The fourth-order valence-electron chi connectivity index (χ4n) is 8.86. The summed E-state index contributed by atoms with van der Waals surface area (Å²) < 4.78 is 0. The van der Waals surface area contributed by atoms with Gasteiger partial charge < -0.3 is 0 Å². The maximum atomic E-state index is 13.2. The normalized spacial score (nSPS) is 45.7. The first-order valence-corrected chi connectivity index (χ1v) is 12.7. The first kappa shape index (κ1) is 21.6. The molecular formula is C27H44O2. The van der Waals surface area contributed by atoms with Gasteiger partial charge >= 0.3 is 0 Å². The molecule has 0 aromatic rings. The van der Waals surface area contributed by atoms with Crippen molar-refractivity contribution in [2.24, 2.45) is 52.3 Å². The van der Waals surface area contributed by atoms with Crippen LogP contribution in [-0.2, 0) is 9.59 Å². The van der Waals surface area contributed by atoms with Crippen LogP contribution in [0.15, 0.2) is 0 Å². The van der Waals surface area contributed by atoms with Gasteiger partial charge in [-0.15, -0.1) is 0 Å². The number of hydrogen-bond donors (Lipinski definition) is 0. The van der Waals surface area contributed by atoms with Crippen LogP contribution in [0.1, 0.15) is 105 Å². The molecule has 4 saturated carbocycles. The Balaban J connectivity index is 1.51. The number of rotatable bonds is 5. The van der Waals surface area contributed by atoms with Crippen LogP contribution in [0.25, 0.3) is 0 Å². The molecule has 164 valence electrons. The van der Waals surface area contributed by atoms with Gasteiger partial charge in [0, 0.05) is 25.2 Å². The minimum Gasteiger partial charge on any atom is -0.300 e. The summed E-state index contributed by atoms with van der Waals surface area (Å²) in [4.78, 5) is 25.3. The van der Waals surface area contributed by atoms with Gasteiger partial charge in [0.25, 0.3) is 0 Å². The van der Waals surface area contributed by atoms with Gasteiger partial charge in [-0.2, -0.15) is 0 Å². The Kier molecular flexibility index (Phi) is 5.79. The Hall–Kier alpha value is -0.660. The average Bonchev–Trinajstić information content (AvgIpc) is 3.00. The largest absolute Gasteiger partial charge is 0.300 e. The molecule has 4 fully saturated rings. The van der Waals surface area contributed by atoms with E-state index in [2.05, 4.69) is 34.6 Å². The maximum Gasteiger partial charge on any atom is 0.137 e. The van der Waals surface area contributed by atoms with Gasteiger partial charge in [-0.3, -0.25) is 9.59 Å². The lowest BCUT2D eigenvalue weighted by Crippen LogP contribution is -2.56. The minimum atomic E-state index is 0.0292. The van der Waals surface area contributed by atoms with Crippen molar-refractivity contribution < 1.29 is 9.59 Å². The molecule has 2 nitrogen and oxygen atoms in total. The molecule has 0 amide bonds. The summed E-state index contributed by atoms with van der Waals surface area (Å²) in [6.07, 6.45) is 12.4. The first-order chi connectivity index (χ1) is 13.7. The summed E-state index contributed by atoms with van der Waals surface area (Å²) in [6, 6.07) is 0. The van der Waals surface area contributed by atoms with Gasteiger partial charge in [-0.1, -0.05) is 53.9 Å². The maximum absolute atomic E-state index is 13.2. The molecule has 0 saturated heterocycles. The summed E-state index contributed by atoms with van der Waals surface area (Å²) in [6.45, 7) is 12.2. The molecule has 29 heavy (non-hydrogen) atoms. The predicted octanol–water partition coefficient (Wildman–Crippen LogP) is 6.86. The lowest BCUT2D eigenvalue weighted by molar-refractivity contribution is -0.159. The van der Waals surface area contributed by atoms with Gasteiger partial charge in [0.2, 0.25) is 0 Å². The second-order valence-electron chi connectivity index (χ2n) is 12.4. The van der Waals surface area contributed by atoms with E-state index in [0.29, 0.717) is 41.7 Å². The first-order valence-electron chi connectivity index (χ1n) is 12.7. The van der Waals surface area contributed by atoms with Crippen molar-refractivity contribution in [1.29, 1.82) is 0 Å². The van der Waals surface area contributed by atoms with E-state index in [4.69, 9.17) is 0 Å². The smallest absolute Gasteiger partial charge is 0.137 e. The standard InChI is InChI=1S/C27H44O2/c1-17(2)7-6-8-18(3)21-9-10-22-20-16-25(29)24-15-19(28)11-13-27(24,5)23(20)12-14-26(21,22)4/h17-18,20-24H,6-16H2,1-5H3/t18-,20+,21+,22-,23+,24+,26+,27+/m0/s1. The topological polar surface area (TPSA) is 34.1 Å². The molecule has 4 aliphatic rings. The number of ketones is 2. The van der Waals surface area contributed by atoms with Crippen molar-refractivity contribution in [1.82, 2.24) is 0 Å². The van der Waals surface area contributed by atoms with Crippen molar-refractivity contribution in [3.63, 3.8) is 0 Å². The number of Topliss-reactive ketones (excluding diaryl/α,β-unsaturated/α-hetero) is 2. The fraction of sp³-hybridized carbons (Fsp3) is 0.926. The Morgan fingerprint density at radius 3 is 2.34 bits per heavy atom. The van der Waals surface area contributed by atoms with Crippen molar-refractivity contribution in [3.05, 3.63) is 0 Å². The van der Waals surface area contributed by atoms with E-state index in [9.17, 15) is 9.59 Å². The highest BCUT2D eigenvalue weighted by atomic mass is 16.1. The van der Waals surface area contributed by atoms with E-state index in [1.807, 2.05) is 0 Å². The van der Waals surface area contributed by atoms with E-state index >= 15 is 0 Å². The molecule has 0 unspecified atom stereocenters. The van der Waals surface area contributed by atoms with Gasteiger partial charge in [0.1, 0.15) is 11.6 Å². The van der Waals surface area contributed by atoms with Crippen LogP contribution >= 0.6 is 0 Å². The Bertz CT molecular complexity index is 651. The third-order valence-corrected chi connectivity index (χ3v) is 10.5. The molecule has 0 aliphatic heterocycles. The molecule has 0 aromatic carbocycles. The number of carbonyl (C=O) groups is 2. The van der Waals surface area contributed by atoms with Crippen molar-refractivity contribution in [3.8, 4) is 0 Å². The minimum absolute atomic E-state index is 0.0292. The van der Waals surface area contributed by atoms with E-state index in [1.54, 1.807) is 0 Å². The molecule has 0 heterocycles. The van der Waals surface area contributed by atoms with Crippen LogP contribution in [0.2, 0.25) is 0 Å². The Morgan fingerprint density at radius 1 is 0.897 bits per heavy atom. The fourth-order valence-corrected chi connectivity index (χ4v) is 8.86. The molecular weight excluding hydrogens is 356 g/mol. The molecule has 0 radical (unpaired) electrons. The second-order valence-corrected chi connectivity index (χ2v) is 12.4. The van der Waals surface area contributed by atoms with Crippen LogP contribution in [0.4, 0.5) is 0 Å². The zero-order chi connectivity index (χ0) is 21.0. The Labute approximate surface area is 179 Å². The molecule has 0 spiro atoms. The predicted molar refractivity (Wildman–Crippen MR) is 118 cm³/mol. The van der Waals surface area contributed by atoms with Crippen LogP contribution in [0.5, 0.6) is 0 Å². The van der Waals surface area contributed by atoms with Crippen LogP contribution < -0.4 is 0 Å². The monoisotopic (exact) mass is 400 g/mol. The highest BCUT2D eigenvalue weighted by Crippen LogP contribution is 2.67. The number of hydrogen-bond acceptors (Lipinski definition) is 2. The molecule has 0 aromatic heterocycles. The van der Waals surface area contributed by atoms with Gasteiger partial charge in [-0.25, -0.2) is 0 Å². The van der Waals surface area contributed by atoms with Crippen LogP contribution in [0.3, 0.4) is 0 Å². The summed E-state index contributed by atoms with van der Waals surface area (Å²) >= 11 is 0. The van der Waals surface area contributed by atoms with Crippen molar-refractivity contribution >= 4 is 11.6 Å². The molecule has 4 aliphatic carbocycles. The van der Waals surface area contributed by atoms with E-state index in [-0.39, 0.29) is 11.3 Å². The molecule has 8 atom stereocenters. The molecule has 0 N–H and O–H groups in total. The Morgan fingerprint density at radius 2 is 1.62 bits per heavy atom. The molecule has 4 rings (SSSR count). The highest BCUT2D eigenvalue weighted by Gasteiger charge is 2.62. The second kappa shape index (κ2) is 7.79. The zero-order valence-corrected chi connectivity index (χ0v) is 19.6. The lowest BCUT2D eigenvalue weighted by Gasteiger charge is -2.59. The van der Waals surface area contributed by atoms with Gasteiger partial charge in [-0.05, 0) is 78.4 Å². The van der Waals surface area contributed by atoms with E-state index < -0.39 is 0 Å². The summed E-state index contributed by atoms with van der Waals surface area (Å²) in [5, 5.41) is 0. The van der Waals surface area contributed by atoms with Crippen molar-refractivity contribution in [2.45, 2.75) is 105 Å². The van der Waals surface area contributed by atoms with Gasteiger partial charge in [0.05, 0.1) is 0 Å². The third kappa shape index (κ3) is 3.55. The third-order valence-electron chi connectivity index (χ3n) is 10.5.